The summed E-state index contributed by atoms with van der Waals surface area (Å²) < 4.78 is 1.94. The summed E-state index contributed by atoms with van der Waals surface area (Å²) in [5.74, 6) is 6.60. The Kier molecular flexibility index (Phi) is 5.64. The third kappa shape index (κ3) is 4.37. The summed E-state index contributed by atoms with van der Waals surface area (Å²) in [5, 5.41) is 4.29. The van der Waals surface area contributed by atoms with Crippen molar-refractivity contribution in [2.24, 2.45) is 5.84 Å². The molecule has 0 aliphatic rings. The molecule has 20 heavy (non-hydrogen) atoms. The van der Waals surface area contributed by atoms with Crippen LogP contribution < -0.4 is 11.3 Å². The number of nitrogens with zero attached hydrogens (tertiary/aromatic N) is 2. The van der Waals surface area contributed by atoms with Gasteiger partial charge >= 0.3 is 0 Å². The van der Waals surface area contributed by atoms with Gasteiger partial charge < -0.3 is 0 Å². The van der Waals surface area contributed by atoms with Gasteiger partial charge in [-0.15, -0.1) is 11.8 Å². The number of hydrazine groups is 1. The summed E-state index contributed by atoms with van der Waals surface area (Å²) >= 11 is 1.82. The van der Waals surface area contributed by atoms with Crippen LogP contribution in [0.15, 0.2) is 41.6 Å². The summed E-state index contributed by atoms with van der Waals surface area (Å²) in [6.45, 7) is 5.09. The highest BCUT2D eigenvalue weighted by atomic mass is 32.2. The summed E-state index contributed by atoms with van der Waals surface area (Å²) in [4.78, 5) is 1.28. The van der Waals surface area contributed by atoms with E-state index in [0.717, 1.165) is 18.7 Å². The molecule has 4 nitrogen and oxygen atoms in total. The van der Waals surface area contributed by atoms with E-state index in [9.17, 15) is 0 Å². The zero-order valence-electron chi connectivity index (χ0n) is 12.0. The number of hydrogen-bond acceptors (Lipinski definition) is 4. The highest BCUT2D eigenvalue weighted by Gasteiger charge is 2.10. The van der Waals surface area contributed by atoms with Crippen LogP contribution in [0, 0.1) is 6.92 Å². The molecule has 3 N–H and O–H groups in total. The van der Waals surface area contributed by atoms with Crippen LogP contribution in [0.5, 0.6) is 0 Å². The molecular formula is C15H22N4S. The molecule has 0 spiro atoms. The van der Waals surface area contributed by atoms with E-state index in [1.807, 2.05) is 22.6 Å². The molecule has 1 heterocycles. The van der Waals surface area contributed by atoms with Crippen molar-refractivity contribution < 1.29 is 0 Å². The Balaban J connectivity index is 1.87. The Morgan fingerprint density at radius 1 is 1.35 bits per heavy atom. The zero-order valence-corrected chi connectivity index (χ0v) is 12.9. The molecule has 1 aromatic carbocycles. The number of nitrogens with one attached hydrogen (secondary N) is 1. The highest BCUT2D eigenvalue weighted by molar-refractivity contribution is 7.99. The average molecular weight is 290 g/mol. The van der Waals surface area contributed by atoms with Crippen molar-refractivity contribution in [1.29, 1.82) is 0 Å². The number of benzene rings is 1. The second kappa shape index (κ2) is 7.47. The van der Waals surface area contributed by atoms with Crippen molar-refractivity contribution >= 4 is 11.8 Å². The minimum atomic E-state index is 0.246. The maximum atomic E-state index is 5.66. The molecular weight excluding hydrogens is 268 g/mol. The predicted octanol–water partition coefficient (Wildman–Crippen LogP) is 2.38. The van der Waals surface area contributed by atoms with Crippen LogP contribution in [0.25, 0.3) is 0 Å². The number of nitrogens with two attached hydrogens (primary N) is 1. The van der Waals surface area contributed by atoms with Crippen molar-refractivity contribution in [2.75, 3.05) is 5.75 Å². The van der Waals surface area contributed by atoms with E-state index >= 15 is 0 Å². The van der Waals surface area contributed by atoms with Crippen molar-refractivity contribution in [3.05, 3.63) is 47.8 Å². The van der Waals surface area contributed by atoms with Gasteiger partial charge in [-0.3, -0.25) is 16.0 Å². The van der Waals surface area contributed by atoms with Gasteiger partial charge in [0.15, 0.2) is 0 Å². The molecule has 1 unspecified atom stereocenters. The van der Waals surface area contributed by atoms with Gasteiger partial charge in [0.05, 0.1) is 6.20 Å². The fourth-order valence-electron chi connectivity index (χ4n) is 1.97. The molecule has 0 saturated heterocycles. The van der Waals surface area contributed by atoms with E-state index in [1.165, 1.54) is 16.0 Å². The number of hydrogen-bond donors (Lipinski definition) is 2. The SMILES string of the molecule is CCn1cc(CC(CSc2ccc(C)cc2)NN)cn1. The van der Waals surface area contributed by atoms with Crippen LogP contribution in [0.3, 0.4) is 0 Å². The summed E-state index contributed by atoms with van der Waals surface area (Å²) in [5.41, 5.74) is 5.41. The highest BCUT2D eigenvalue weighted by Crippen LogP contribution is 2.20. The topological polar surface area (TPSA) is 55.9 Å². The maximum absolute atomic E-state index is 5.66. The maximum Gasteiger partial charge on any atom is 0.0522 e. The minimum Gasteiger partial charge on any atom is -0.273 e. The molecule has 108 valence electrons. The first-order chi connectivity index (χ1) is 9.71. The zero-order chi connectivity index (χ0) is 14.4. The molecule has 5 heteroatoms. The Hall–Kier alpha value is -1.30. The van der Waals surface area contributed by atoms with Gasteiger partial charge in [0, 0.05) is 29.4 Å². The number of aryl methyl sites for hydroxylation is 2. The third-order valence-corrected chi connectivity index (χ3v) is 4.38. The Morgan fingerprint density at radius 2 is 2.10 bits per heavy atom. The van der Waals surface area contributed by atoms with Crippen molar-refractivity contribution in [3.63, 3.8) is 0 Å². The lowest BCUT2D eigenvalue weighted by atomic mass is 10.1. The van der Waals surface area contributed by atoms with Crippen LogP contribution in [-0.2, 0) is 13.0 Å². The second-order valence-electron chi connectivity index (χ2n) is 4.90. The predicted molar refractivity (Wildman–Crippen MR) is 84.6 cm³/mol. The van der Waals surface area contributed by atoms with Crippen LogP contribution in [0.2, 0.25) is 0 Å². The molecule has 2 aromatic rings. The van der Waals surface area contributed by atoms with E-state index in [-0.39, 0.29) is 6.04 Å². The van der Waals surface area contributed by atoms with Gasteiger partial charge in [-0.1, -0.05) is 17.7 Å². The number of rotatable bonds is 7. The lowest BCUT2D eigenvalue weighted by Gasteiger charge is -2.14. The molecule has 0 fully saturated rings. The molecule has 2 rings (SSSR count). The van der Waals surface area contributed by atoms with Gasteiger partial charge in [0.2, 0.25) is 0 Å². The molecule has 1 aromatic heterocycles. The van der Waals surface area contributed by atoms with Crippen molar-refractivity contribution in [3.8, 4) is 0 Å². The molecule has 0 amide bonds. The average Bonchev–Trinajstić information content (AvgIpc) is 2.93. The largest absolute Gasteiger partial charge is 0.273 e. The number of thioether (sulfide) groups is 1. The van der Waals surface area contributed by atoms with Crippen molar-refractivity contribution in [2.45, 2.75) is 37.8 Å². The summed E-state index contributed by atoms with van der Waals surface area (Å²) in [7, 11) is 0. The number of aromatic nitrogens is 2. The van der Waals surface area contributed by atoms with Gasteiger partial charge in [0.25, 0.3) is 0 Å². The summed E-state index contributed by atoms with van der Waals surface area (Å²) in [6, 6.07) is 8.83. The normalized spacial score (nSPS) is 12.6. The van der Waals surface area contributed by atoms with E-state index in [4.69, 9.17) is 5.84 Å². The first kappa shape index (κ1) is 15.1. The van der Waals surface area contributed by atoms with Crippen molar-refractivity contribution in [1.82, 2.24) is 15.2 Å². The van der Waals surface area contributed by atoms with Crippen LogP contribution in [-0.4, -0.2) is 21.6 Å². The van der Waals surface area contributed by atoms with E-state index < -0.39 is 0 Å². The third-order valence-electron chi connectivity index (χ3n) is 3.20. The minimum absolute atomic E-state index is 0.246. The quantitative estimate of drug-likeness (QED) is 0.467. The fourth-order valence-corrected chi connectivity index (χ4v) is 2.90. The van der Waals surface area contributed by atoms with Crippen LogP contribution >= 0.6 is 11.8 Å². The smallest absolute Gasteiger partial charge is 0.0522 e. The van der Waals surface area contributed by atoms with E-state index in [2.05, 4.69) is 54.8 Å². The molecule has 0 radical (unpaired) electrons. The lowest BCUT2D eigenvalue weighted by molar-refractivity contribution is 0.574. The van der Waals surface area contributed by atoms with E-state index in [0.29, 0.717) is 0 Å². The first-order valence-electron chi connectivity index (χ1n) is 6.88. The van der Waals surface area contributed by atoms with Gasteiger partial charge in [-0.2, -0.15) is 5.10 Å². The second-order valence-corrected chi connectivity index (χ2v) is 5.99. The van der Waals surface area contributed by atoms with E-state index in [1.54, 1.807) is 0 Å². The van der Waals surface area contributed by atoms with Crippen LogP contribution in [0.4, 0.5) is 0 Å². The molecule has 0 aliphatic carbocycles. The molecule has 0 aliphatic heterocycles. The van der Waals surface area contributed by atoms with Gasteiger partial charge in [0.1, 0.15) is 0 Å². The van der Waals surface area contributed by atoms with Gasteiger partial charge in [-0.05, 0) is 38.0 Å². The summed E-state index contributed by atoms with van der Waals surface area (Å²) in [6.07, 6.45) is 4.90. The van der Waals surface area contributed by atoms with Crippen LogP contribution in [0.1, 0.15) is 18.1 Å². The standard InChI is InChI=1S/C15H22N4S/c1-3-19-10-13(9-17-19)8-14(18-16)11-20-15-6-4-12(2)5-7-15/h4-7,9-10,14,18H,3,8,11,16H2,1-2H3. The van der Waals surface area contributed by atoms with Gasteiger partial charge in [-0.25, -0.2) is 0 Å². The monoisotopic (exact) mass is 290 g/mol. The Bertz CT molecular complexity index is 521. The Morgan fingerprint density at radius 3 is 2.70 bits per heavy atom. The fraction of sp³-hybridized carbons (Fsp3) is 0.400. The molecule has 0 saturated carbocycles. The molecule has 1 atom stereocenters. The first-order valence-corrected chi connectivity index (χ1v) is 7.86. The lowest BCUT2D eigenvalue weighted by Crippen LogP contribution is -2.38. The molecule has 0 bridgehead atoms. The Labute approximate surface area is 124 Å².